The van der Waals surface area contributed by atoms with Gasteiger partial charge in [0.15, 0.2) is 11.6 Å². The van der Waals surface area contributed by atoms with Crippen LogP contribution in [0.15, 0.2) is 23.2 Å². The highest BCUT2D eigenvalue weighted by molar-refractivity contribution is 6.00. The van der Waals surface area contributed by atoms with Gasteiger partial charge in [-0.25, -0.2) is 4.39 Å². The number of rotatable bonds is 2. The average Bonchev–Trinajstić information content (AvgIpc) is 2.65. The van der Waals surface area contributed by atoms with Gasteiger partial charge in [-0.15, -0.1) is 0 Å². The van der Waals surface area contributed by atoms with Gasteiger partial charge in [-0.05, 0) is 25.1 Å². The van der Waals surface area contributed by atoms with E-state index < -0.39 is 0 Å². The van der Waals surface area contributed by atoms with Crippen molar-refractivity contribution >= 4 is 5.84 Å². The molecule has 1 N–H and O–H groups in total. The lowest BCUT2D eigenvalue weighted by Gasteiger charge is -2.07. The predicted molar refractivity (Wildman–Crippen MR) is 57.0 cm³/mol. The molecule has 1 atom stereocenters. The minimum atomic E-state index is -0.362. The molecular weight excluding hydrogens is 195 g/mol. The standard InChI is InChI=1S/C11H13FN2O/c1-7-6-13-11(14-7)8-3-4-10(15-2)9(12)5-8/h3-5,7H,6H2,1-2H3,(H,13,14). The molecule has 0 fully saturated rings. The van der Waals surface area contributed by atoms with Crippen LogP contribution in [0.1, 0.15) is 12.5 Å². The van der Waals surface area contributed by atoms with Gasteiger partial charge in [-0.1, -0.05) is 0 Å². The minimum absolute atomic E-state index is 0.255. The van der Waals surface area contributed by atoms with Crippen molar-refractivity contribution in [1.82, 2.24) is 5.32 Å². The third-order valence-corrected chi connectivity index (χ3v) is 2.33. The molecule has 0 aromatic heterocycles. The van der Waals surface area contributed by atoms with Crippen molar-refractivity contribution in [3.05, 3.63) is 29.6 Å². The molecule has 2 rings (SSSR count). The van der Waals surface area contributed by atoms with Crippen molar-refractivity contribution < 1.29 is 9.13 Å². The second kappa shape index (κ2) is 3.88. The Balaban J connectivity index is 2.27. The zero-order valence-electron chi connectivity index (χ0n) is 8.75. The van der Waals surface area contributed by atoms with Gasteiger partial charge in [0.1, 0.15) is 5.84 Å². The van der Waals surface area contributed by atoms with Gasteiger partial charge in [0, 0.05) is 11.6 Å². The Hall–Kier alpha value is -1.58. The quantitative estimate of drug-likeness (QED) is 0.800. The summed E-state index contributed by atoms with van der Waals surface area (Å²) < 4.78 is 18.2. The summed E-state index contributed by atoms with van der Waals surface area (Å²) >= 11 is 0. The van der Waals surface area contributed by atoms with E-state index in [4.69, 9.17) is 4.74 Å². The van der Waals surface area contributed by atoms with Crippen LogP contribution in [-0.2, 0) is 0 Å². The van der Waals surface area contributed by atoms with Crippen molar-refractivity contribution in [3.8, 4) is 5.75 Å². The Labute approximate surface area is 88.0 Å². The topological polar surface area (TPSA) is 33.6 Å². The maximum Gasteiger partial charge on any atom is 0.165 e. The number of nitrogens with one attached hydrogen (secondary N) is 1. The second-order valence-electron chi connectivity index (χ2n) is 3.58. The number of halogens is 1. The fourth-order valence-corrected chi connectivity index (χ4v) is 1.54. The molecule has 80 valence electrons. The number of hydrogen-bond acceptors (Lipinski definition) is 3. The summed E-state index contributed by atoms with van der Waals surface area (Å²) in [6, 6.07) is 5.16. The van der Waals surface area contributed by atoms with Crippen molar-refractivity contribution in [1.29, 1.82) is 0 Å². The molecule has 1 unspecified atom stereocenters. The predicted octanol–water partition coefficient (Wildman–Crippen LogP) is 1.57. The number of nitrogens with zero attached hydrogens (tertiary/aromatic N) is 1. The monoisotopic (exact) mass is 208 g/mol. The molecule has 0 radical (unpaired) electrons. The molecule has 0 bridgehead atoms. The van der Waals surface area contributed by atoms with Crippen LogP contribution in [0.25, 0.3) is 0 Å². The van der Waals surface area contributed by atoms with E-state index >= 15 is 0 Å². The molecule has 1 aliphatic rings. The Bertz CT molecular complexity index is 404. The summed E-state index contributed by atoms with van der Waals surface area (Å²) in [6.45, 7) is 2.78. The Kier molecular flexibility index (Phi) is 2.58. The van der Waals surface area contributed by atoms with E-state index in [9.17, 15) is 4.39 Å². The summed E-state index contributed by atoms with van der Waals surface area (Å²) in [7, 11) is 1.45. The van der Waals surface area contributed by atoms with Crippen molar-refractivity contribution in [2.45, 2.75) is 13.0 Å². The SMILES string of the molecule is COc1ccc(C2=NCC(C)N2)cc1F. The van der Waals surface area contributed by atoms with E-state index in [0.717, 1.165) is 17.9 Å². The molecule has 1 aliphatic heterocycles. The smallest absolute Gasteiger partial charge is 0.165 e. The van der Waals surface area contributed by atoms with Gasteiger partial charge in [0.2, 0.25) is 0 Å². The van der Waals surface area contributed by atoms with E-state index in [2.05, 4.69) is 10.3 Å². The first-order valence-electron chi connectivity index (χ1n) is 4.85. The number of hydrogen-bond donors (Lipinski definition) is 1. The molecule has 1 aromatic rings. The molecule has 1 heterocycles. The van der Waals surface area contributed by atoms with Gasteiger partial charge in [-0.2, -0.15) is 0 Å². The lowest BCUT2D eigenvalue weighted by molar-refractivity contribution is 0.386. The van der Waals surface area contributed by atoms with Gasteiger partial charge < -0.3 is 10.1 Å². The molecule has 0 amide bonds. The summed E-state index contributed by atoms with van der Waals surface area (Å²) in [5, 5.41) is 3.18. The molecule has 4 heteroatoms. The summed E-state index contributed by atoms with van der Waals surface area (Å²) in [6.07, 6.45) is 0. The number of methoxy groups -OCH3 is 1. The first-order valence-corrected chi connectivity index (χ1v) is 4.85. The Morgan fingerprint density at radius 2 is 2.33 bits per heavy atom. The minimum Gasteiger partial charge on any atom is -0.494 e. The molecule has 0 saturated carbocycles. The third-order valence-electron chi connectivity index (χ3n) is 2.33. The summed E-state index contributed by atoms with van der Waals surface area (Å²) in [4.78, 5) is 4.28. The first-order chi connectivity index (χ1) is 7.20. The van der Waals surface area contributed by atoms with E-state index in [-0.39, 0.29) is 11.6 Å². The number of ether oxygens (including phenoxy) is 1. The third kappa shape index (κ3) is 1.93. The maximum atomic E-state index is 13.4. The van der Waals surface area contributed by atoms with E-state index in [1.807, 2.05) is 6.92 Å². The lowest BCUT2D eigenvalue weighted by atomic mass is 10.2. The van der Waals surface area contributed by atoms with Crippen molar-refractivity contribution in [3.63, 3.8) is 0 Å². The summed E-state index contributed by atoms with van der Waals surface area (Å²) in [5.74, 6) is 0.647. The van der Waals surface area contributed by atoms with Crippen LogP contribution in [0.4, 0.5) is 4.39 Å². The Morgan fingerprint density at radius 1 is 1.53 bits per heavy atom. The fraction of sp³-hybridized carbons (Fsp3) is 0.364. The molecule has 0 spiro atoms. The highest BCUT2D eigenvalue weighted by atomic mass is 19.1. The van der Waals surface area contributed by atoms with Crippen LogP contribution in [0.5, 0.6) is 5.75 Å². The molecule has 0 saturated heterocycles. The normalized spacial score (nSPS) is 19.7. The van der Waals surface area contributed by atoms with Gasteiger partial charge in [0.25, 0.3) is 0 Å². The van der Waals surface area contributed by atoms with Crippen LogP contribution in [-0.4, -0.2) is 25.5 Å². The zero-order valence-corrected chi connectivity index (χ0v) is 8.75. The number of aliphatic imine (C=N–C) groups is 1. The average molecular weight is 208 g/mol. The molecule has 1 aromatic carbocycles. The highest BCUT2D eigenvalue weighted by Gasteiger charge is 2.15. The molecule has 3 nitrogen and oxygen atoms in total. The van der Waals surface area contributed by atoms with Gasteiger partial charge >= 0.3 is 0 Å². The number of benzene rings is 1. The first kappa shape index (κ1) is 9.96. The Morgan fingerprint density at radius 3 is 2.87 bits per heavy atom. The zero-order chi connectivity index (χ0) is 10.8. The van der Waals surface area contributed by atoms with Crippen molar-refractivity contribution in [2.24, 2.45) is 4.99 Å². The van der Waals surface area contributed by atoms with Crippen LogP contribution in [0, 0.1) is 5.82 Å². The molecule has 0 aliphatic carbocycles. The van der Waals surface area contributed by atoms with E-state index in [1.165, 1.54) is 13.2 Å². The van der Waals surface area contributed by atoms with Gasteiger partial charge in [0.05, 0.1) is 13.7 Å². The van der Waals surface area contributed by atoms with Gasteiger partial charge in [-0.3, -0.25) is 4.99 Å². The van der Waals surface area contributed by atoms with E-state index in [0.29, 0.717) is 6.04 Å². The van der Waals surface area contributed by atoms with Crippen molar-refractivity contribution in [2.75, 3.05) is 13.7 Å². The fourth-order valence-electron chi connectivity index (χ4n) is 1.54. The maximum absolute atomic E-state index is 13.4. The summed E-state index contributed by atoms with van der Waals surface area (Å²) in [5.41, 5.74) is 0.762. The molecule has 15 heavy (non-hydrogen) atoms. The second-order valence-corrected chi connectivity index (χ2v) is 3.58. The van der Waals surface area contributed by atoms with Crippen LogP contribution in [0.2, 0.25) is 0 Å². The number of amidine groups is 1. The van der Waals surface area contributed by atoms with Crippen LogP contribution < -0.4 is 10.1 Å². The largest absolute Gasteiger partial charge is 0.494 e. The lowest BCUT2D eigenvalue weighted by Crippen LogP contribution is -2.27. The molecular formula is C11H13FN2O. The highest BCUT2D eigenvalue weighted by Crippen LogP contribution is 2.18. The van der Waals surface area contributed by atoms with Crippen LogP contribution in [0.3, 0.4) is 0 Å². The van der Waals surface area contributed by atoms with Crippen LogP contribution >= 0.6 is 0 Å². The van der Waals surface area contributed by atoms with E-state index in [1.54, 1.807) is 12.1 Å².